The molecule has 1 aliphatic rings. The van der Waals surface area contributed by atoms with Gasteiger partial charge >= 0.3 is 0 Å². The normalized spacial score (nSPS) is 18.8. The van der Waals surface area contributed by atoms with Crippen molar-refractivity contribution in [2.24, 2.45) is 0 Å². The Hall–Kier alpha value is -2.04. The Labute approximate surface area is 143 Å². The van der Waals surface area contributed by atoms with Crippen LogP contribution in [0.4, 0.5) is 0 Å². The zero-order valence-electron chi connectivity index (χ0n) is 13.9. The number of hydrogen-bond acceptors (Lipinski definition) is 4. The summed E-state index contributed by atoms with van der Waals surface area (Å²) < 4.78 is 11.5. The van der Waals surface area contributed by atoms with Gasteiger partial charge in [-0.1, -0.05) is 42.8 Å². The fraction of sp³-hybridized carbons (Fsp3) is 0.400. The summed E-state index contributed by atoms with van der Waals surface area (Å²) in [6, 6.07) is 17.8. The number of ether oxygens (including phenoxy) is 2. The molecule has 0 spiro atoms. The lowest BCUT2D eigenvalue weighted by molar-refractivity contribution is 0.0638. The molecule has 2 N–H and O–H groups in total. The monoisotopic (exact) mass is 327 g/mol. The largest absolute Gasteiger partial charge is 0.491 e. The maximum absolute atomic E-state index is 10.2. The van der Waals surface area contributed by atoms with Crippen molar-refractivity contribution in [1.29, 1.82) is 0 Å². The number of rotatable bonds is 7. The van der Waals surface area contributed by atoms with Crippen molar-refractivity contribution in [2.45, 2.75) is 38.0 Å². The van der Waals surface area contributed by atoms with E-state index in [4.69, 9.17) is 9.47 Å². The summed E-state index contributed by atoms with van der Waals surface area (Å²) in [6.45, 7) is 1.79. The molecule has 0 amide bonds. The third kappa shape index (κ3) is 4.98. The van der Waals surface area contributed by atoms with Crippen LogP contribution < -0.4 is 14.8 Å². The Morgan fingerprint density at radius 3 is 2.54 bits per heavy atom. The molecule has 0 saturated carbocycles. The Balaban J connectivity index is 1.49. The highest BCUT2D eigenvalue weighted by Crippen LogP contribution is 2.21. The van der Waals surface area contributed by atoms with E-state index in [1.54, 1.807) is 0 Å². The van der Waals surface area contributed by atoms with Crippen LogP contribution in [0.25, 0.3) is 0 Å². The lowest BCUT2D eigenvalue weighted by Crippen LogP contribution is -2.45. The first-order chi connectivity index (χ1) is 11.8. The minimum Gasteiger partial charge on any atom is -0.491 e. The summed E-state index contributed by atoms with van der Waals surface area (Å²) in [5.41, 5.74) is 1.13. The predicted molar refractivity (Wildman–Crippen MR) is 94.4 cm³/mol. The molecular weight excluding hydrogens is 302 g/mol. The van der Waals surface area contributed by atoms with Gasteiger partial charge in [-0.05, 0) is 37.1 Å². The number of aliphatic hydroxyl groups excluding tert-OH is 1. The maximum Gasteiger partial charge on any atom is 0.123 e. The van der Waals surface area contributed by atoms with E-state index in [9.17, 15) is 5.11 Å². The van der Waals surface area contributed by atoms with E-state index in [-0.39, 0.29) is 6.04 Å². The Bertz CT molecular complexity index is 611. The highest BCUT2D eigenvalue weighted by molar-refractivity contribution is 5.33. The molecule has 128 valence electrons. The Kier molecular flexibility index (Phi) is 6.10. The highest BCUT2D eigenvalue weighted by atomic mass is 16.5. The molecule has 0 bridgehead atoms. The number of benzene rings is 2. The molecule has 2 atom stereocenters. The molecule has 3 rings (SSSR count). The lowest BCUT2D eigenvalue weighted by atomic mass is 10.0. The van der Waals surface area contributed by atoms with Crippen LogP contribution in [0.15, 0.2) is 54.6 Å². The van der Waals surface area contributed by atoms with Gasteiger partial charge < -0.3 is 19.9 Å². The van der Waals surface area contributed by atoms with Crippen molar-refractivity contribution in [2.75, 3.05) is 13.2 Å². The van der Waals surface area contributed by atoms with Crippen molar-refractivity contribution in [3.05, 3.63) is 60.2 Å². The SMILES string of the molecule is OC(COc1cccc(OCc2ccccc2)c1)C1CCCCN1. The van der Waals surface area contributed by atoms with Crippen molar-refractivity contribution >= 4 is 0 Å². The maximum atomic E-state index is 10.2. The molecule has 1 aliphatic heterocycles. The second-order valence-electron chi connectivity index (χ2n) is 6.18. The van der Waals surface area contributed by atoms with Crippen molar-refractivity contribution in [1.82, 2.24) is 5.32 Å². The lowest BCUT2D eigenvalue weighted by Gasteiger charge is -2.27. The fourth-order valence-electron chi connectivity index (χ4n) is 2.90. The van der Waals surface area contributed by atoms with E-state index >= 15 is 0 Å². The highest BCUT2D eigenvalue weighted by Gasteiger charge is 2.21. The van der Waals surface area contributed by atoms with Gasteiger partial charge in [0.25, 0.3) is 0 Å². The Morgan fingerprint density at radius 2 is 1.79 bits per heavy atom. The fourth-order valence-corrected chi connectivity index (χ4v) is 2.90. The molecule has 1 saturated heterocycles. The number of hydrogen-bond donors (Lipinski definition) is 2. The van der Waals surface area contributed by atoms with Gasteiger partial charge in [-0.3, -0.25) is 0 Å². The van der Waals surface area contributed by atoms with E-state index in [1.165, 1.54) is 6.42 Å². The van der Waals surface area contributed by atoms with E-state index in [0.717, 1.165) is 36.4 Å². The van der Waals surface area contributed by atoms with E-state index in [0.29, 0.717) is 13.2 Å². The second kappa shape index (κ2) is 8.71. The van der Waals surface area contributed by atoms with E-state index in [1.807, 2.05) is 54.6 Å². The number of nitrogens with one attached hydrogen (secondary N) is 1. The summed E-state index contributed by atoms with van der Waals surface area (Å²) in [5.74, 6) is 1.48. The molecule has 0 aliphatic carbocycles. The molecular formula is C20H25NO3. The third-order valence-electron chi connectivity index (χ3n) is 4.29. The minimum absolute atomic E-state index is 0.135. The average molecular weight is 327 g/mol. The van der Waals surface area contributed by atoms with E-state index < -0.39 is 6.10 Å². The molecule has 2 aromatic rings. The van der Waals surface area contributed by atoms with Crippen LogP contribution >= 0.6 is 0 Å². The molecule has 1 heterocycles. The molecule has 2 aromatic carbocycles. The van der Waals surface area contributed by atoms with Crippen LogP contribution in [0.2, 0.25) is 0 Å². The predicted octanol–water partition coefficient (Wildman–Crippen LogP) is 3.15. The zero-order chi connectivity index (χ0) is 16.6. The van der Waals surface area contributed by atoms with Gasteiger partial charge in [0.15, 0.2) is 0 Å². The number of aliphatic hydroxyl groups is 1. The summed E-state index contributed by atoms with van der Waals surface area (Å²) >= 11 is 0. The third-order valence-corrected chi connectivity index (χ3v) is 4.29. The number of piperidine rings is 1. The summed E-state index contributed by atoms with van der Waals surface area (Å²) in [4.78, 5) is 0. The van der Waals surface area contributed by atoms with Crippen LogP contribution in [0.3, 0.4) is 0 Å². The first kappa shape index (κ1) is 16.8. The van der Waals surface area contributed by atoms with Gasteiger partial charge in [0, 0.05) is 12.1 Å². The van der Waals surface area contributed by atoms with Crippen LogP contribution in [0, 0.1) is 0 Å². The molecule has 1 fully saturated rings. The second-order valence-corrected chi connectivity index (χ2v) is 6.18. The first-order valence-corrected chi connectivity index (χ1v) is 8.62. The van der Waals surface area contributed by atoms with Crippen molar-refractivity contribution in [3.63, 3.8) is 0 Å². The summed E-state index contributed by atoms with van der Waals surface area (Å²) in [6.07, 6.45) is 2.87. The minimum atomic E-state index is -0.487. The van der Waals surface area contributed by atoms with Gasteiger partial charge in [0.05, 0.1) is 0 Å². The topological polar surface area (TPSA) is 50.7 Å². The molecule has 4 nitrogen and oxygen atoms in total. The Morgan fingerprint density at radius 1 is 1.00 bits per heavy atom. The van der Waals surface area contributed by atoms with E-state index in [2.05, 4.69) is 5.32 Å². The van der Waals surface area contributed by atoms with Crippen LogP contribution in [-0.4, -0.2) is 30.4 Å². The quantitative estimate of drug-likeness (QED) is 0.820. The van der Waals surface area contributed by atoms with Crippen LogP contribution in [0.1, 0.15) is 24.8 Å². The summed E-state index contributed by atoms with van der Waals surface area (Å²) in [5, 5.41) is 13.6. The van der Waals surface area contributed by atoms with Crippen molar-refractivity contribution < 1.29 is 14.6 Å². The molecule has 24 heavy (non-hydrogen) atoms. The smallest absolute Gasteiger partial charge is 0.123 e. The molecule has 2 unspecified atom stereocenters. The standard InChI is InChI=1S/C20H25NO3/c22-20(19-11-4-5-12-21-19)15-24-18-10-6-9-17(13-18)23-14-16-7-2-1-3-8-16/h1-3,6-10,13,19-22H,4-5,11-12,14-15H2. The molecule has 0 radical (unpaired) electrons. The van der Waals surface area contributed by atoms with Gasteiger partial charge in [-0.2, -0.15) is 0 Å². The average Bonchev–Trinajstić information content (AvgIpc) is 2.66. The molecule has 4 heteroatoms. The van der Waals surface area contributed by atoms with Gasteiger partial charge in [-0.25, -0.2) is 0 Å². The van der Waals surface area contributed by atoms with Gasteiger partial charge in [0.1, 0.15) is 30.8 Å². The first-order valence-electron chi connectivity index (χ1n) is 8.62. The van der Waals surface area contributed by atoms with Crippen LogP contribution in [-0.2, 0) is 6.61 Å². The summed E-state index contributed by atoms with van der Waals surface area (Å²) in [7, 11) is 0. The zero-order valence-corrected chi connectivity index (χ0v) is 13.9. The van der Waals surface area contributed by atoms with Gasteiger partial charge in [0.2, 0.25) is 0 Å². The molecule has 0 aromatic heterocycles. The van der Waals surface area contributed by atoms with Crippen molar-refractivity contribution in [3.8, 4) is 11.5 Å². The van der Waals surface area contributed by atoms with Crippen LogP contribution in [0.5, 0.6) is 11.5 Å². The van der Waals surface area contributed by atoms with Gasteiger partial charge in [-0.15, -0.1) is 0 Å².